The number of fused-ring (bicyclic) bond motifs is 1. The van der Waals surface area contributed by atoms with E-state index in [0.29, 0.717) is 0 Å². The molecule has 0 saturated carbocycles. The average Bonchev–Trinajstić information content (AvgIpc) is 3.19. The minimum atomic E-state index is 1.02. The van der Waals surface area contributed by atoms with Crippen LogP contribution in [0.15, 0.2) is 78.9 Å². The molecule has 1 saturated heterocycles. The lowest BCUT2D eigenvalue weighted by atomic mass is 10.1. The summed E-state index contributed by atoms with van der Waals surface area (Å²) in [6.45, 7) is 7.51. The maximum Gasteiger partial charge on any atom is 0.0436 e. The van der Waals surface area contributed by atoms with Gasteiger partial charge in [0.15, 0.2) is 0 Å². The minimum Gasteiger partial charge on any atom is -0.369 e. The first kappa shape index (κ1) is 17.3. The molecular formula is C25H27N3. The predicted molar refractivity (Wildman–Crippen MR) is 117 cm³/mol. The molecule has 0 N–H and O–H groups in total. The van der Waals surface area contributed by atoms with Gasteiger partial charge in [0.2, 0.25) is 0 Å². The van der Waals surface area contributed by atoms with Crippen molar-refractivity contribution in [1.29, 1.82) is 0 Å². The Labute approximate surface area is 167 Å². The Hall–Kier alpha value is -2.78. The van der Waals surface area contributed by atoms with Crippen molar-refractivity contribution in [3.63, 3.8) is 0 Å². The summed E-state index contributed by atoms with van der Waals surface area (Å²) in [6, 6.07) is 28.6. The van der Waals surface area contributed by atoms with E-state index in [1.165, 1.54) is 28.1 Å². The van der Waals surface area contributed by atoms with E-state index in [4.69, 9.17) is 0 Å². The van der Waals surface area contributed by atoms with Gasteiger partial charge in [0.05, 0.1) is 0 Å². The number of hydrogen-bond acceptors (Lipinski definition) is 3. The Kier molecular flexibility index (Phi) is 4.76. The molecule has 142 valence electrons. The van der Waals surface area contributed by atoms with Crippen LogP contribution in [0.5, 0.6) is 0 Å². The Morgan fingerprint density at radius 3 is 1.89 bits per heavy atom. The third-order valence-electron chi connectivity index (χ3n) is 6.06. The third kappa shape index (κ3) is 3.50. The van der Waals surface area contributed by atoms with E-state index in [1.54, 1.807) is 0 Å². The number of benzene rings is 3. The van der Waals surface area contributed by atoms with Crippen LogP contribution >= 0.6 is 0 Å². The molecule has 28 heavy (non-hydrogen) atoms. The van der Waals surface area contributed by atoms with E-state index in [9.17, 15) is 0 Å². The topological polar surface area (TPSA) is 9.72 Å². The van der Waals surface area contributed by atoms with E-state index in [0.717, 1.165) is 45.8 Å². The molecule has 0 bridgehead atoms. The zero-order chi connectivity index (χ0) is 18.8. The highest BCUT2D eigenvalue weighted by molar-refractivity contribution is 5.57. The molecule has 0 amide bonds. The normalized spacial score (nSPS) is 17.0. The quantitative estimate of drug-likeness (QED) is 0.669. The van der Waals surface area contributed by atoms with Gasteiger partial charge in [0.1, 0.15) is 0 Å². The summed E-state index contributed by atoms with van der Waals surface area (Å²) in [5, 5.41) is 0. The van der Waals surface area contributed by atoms with E-state index >= 15 is 0 Å². The fourth-order valence-corrected chi connectivity index (χ4v) is 4.50. The third-order valence-corrected chi connectivity index (χ3v) is 6.06. The molecule has 0 unspecified atom stereocenters. The van der Waals surface area contributed by atoms with Gasteiger partial charge in [-0.05, 0) is 34.9 Å². The van der Waals surface area contributed by atoms with Crippen molar-refractivity contribution in [3.05, 3.63) is 95.6 Å². The number of para-hydroxylation sites is 2. The lowest BCUT2D eigenvalue weighted by molar-refractivity contribution is 0.250. The molecule has 0 spiro atoms. The van der Waals surface area contributed by atoms with Crippen molar-refractivity contribution in [3.8, 4) is 0 Å². The van der Waals surface area contributed by atoms with Crippen LogP contribution in [-0.2, 0) is 19.6 Å². The summed E-state index contributed by atoms with van der Waals surface area (Å²) < 4.78 is 0. The molecule has 5 rings (SSSR count). The Morgan fingerprint density at radius 1 is 0.571 bits per heavy atom. The van der Waals surface area contributed by atoms with Crippen molar-refractivity contribution in [2.75, 3.05) is 36.0 Å². The van der Waals surface area contributed by atoms with Gasteiger partial charge in [0.25, 0.3) is 0 Å². The summed E-state index contributed by atoms with van der Waals surface area (Å²) in [6.07, 6.45) is 0. The van der Waals surface area contributed by atoms with Crippen LogP contribution in [0.25, 0.3) is 0 Å². The number of piperazine rings is 1. The van der Waals surface area contributed by atoms with Gasteiger partial charge in [-0.15, -0.1) is 0 Å². The van der Waals surface area contributed by atoms with Crippen LogP contribution in [-0.4, -0.2) is 31.1 Å². The molecule has 0 aliphatic carbocycles. The van der Waals surface area contributed by atoms with Crippen LogP contribution in [0.1, 0.15) is 16.7 Å². The number of hydrogen-bond donors (Lipinski definition) is 0. The molecule has 2 aliphatic heterocycles. The molecular weight excluding hydrogens is 342 g/mol. The highest BCUT2D eigenvalue weighted by Crippen LogP contribution is 2.31. The van der Waals surface area contributed by atoms with E-state index in [-0.39, 0.29) is 0 Å². The maximum atomic E-state index is 2.60. The largest absolute Gasteiger partial charge is 0.369 e. The highest BCUT2D eigenvalue weighted by Gasteiger charge is 2.22. The summed E-state index contributed by atoms with van der Waals surface area (Å²) in [7, 11) is 0. The second-order valence-corrected chi connectivity index (χ2v) is 7.85. The smallest absolute Gasteiger partial charge is 0.0436 e. The van der Waals surface area contributed by atoms with Gasteiger partial charge in [0, 0.05) is 57.2 Å². The molecule has 0 radical (unpaired) electrons. The lowest BCUT2D eigenvalue weighted by Crippen LogP contribution is -2.46. The van der Waals surface area contributed by atoms with Crippen LogP contribution in [0, 0.1) is 0 Å². The highest BCUT2D eigenvalue weighted by atomic mass is 15.3. The maximum absolute atomic E-state index is 2.60. The molecule has 2 heterocycles. The van der Waals surface area contributed by atoms with Crippen LogP contribution in [0.3, 0.4) is 0 Å². The Morgan fingerprint density at radius 2 is 1.18 bits per heavy atom. The van der Waals surface area contributed by atoms with Crippen LogP contribution < -0.4 is 9.80 Å². The molecule has 3 aromatic rings. The standard InChI is InChI=1S/C25H27N3/c1-2-11-24(12-3-1)27-16-14-26(15-17-27)18-23-10-6-7-13-25(23)28-19-21-8-4-5-9-22(21)20-28/h1-13H,14-20H2. The fourth-order valence-electron chi connectivity index (χ4n) is 4.50. The van der Waals surface area contributed by atoms with Gasteiger partial charge in [-0.2, -0.15) is 0 Å². The average molecular weight is 370 g/mol. The van der Waals surface area contributed by atoms with Crippen LogP contribution in [0.4, 0.5) is 11.4 Å². The monoisotopic (exact) mass is 369 g/mol. The van der Waals surface area contributed by atoms with Crippen molar-refractivity contribution >= 4 is 11.4 Å². The van der Waals surface area contributed by atoms with Crippen molar-refractivity contribution in [1.82, 2.24) is 4.90 Å². The van der Waals surface area contributed by atoms with Gasteiger partial charge >= 0.3 is 0 Å². The van der Waals surface area contributed by atoms with E-state index in [2.05, 4.69) is 93.6 Å². The summed E-state index contributed by atoms with van der Waals surface area (Å²) in [4.78, 5) is 7.63. The number of anilines is 2. The first-order valence-corrected chi connectivity index (χ1v) is 10.3. The molecule has 0 atom stereocenters. The molecule has 2 aliphatic rings. The zero-order valence-corrected chi connectivity index (χ0v) is 16.3. The lowest BCUT2D eigenvalue weighted by Gasteiger charge is -2.36. The van der Waals surface area contributed by atoms with Crippen molar-refractivity contribution in [2.24, 2.45) is 0 Å². The minimum absolute atomic E-state index is 1.02. The first-order chi connectivity index (χ1) is 13.9. The number of nitrogens with zero attached hydrogens (tertiary/aromatic N) is 3. The molecule has 3 heteroatoms. The van der Waals surface area contributed by atoms with Gasteiger partial charge < -0.3 is 9.80 Å². The number of rotatable bonds is 4. The zero-order valence-electron chi connectivity index (χ0n) is 16.3. The van der Waals surface area contributed by atoms with E-state index < -0.39 is 0 Å². The second kappa shape index (κ2) is 7.69. The van der Waals surface area contributed by atoms with Gasteiger partial charge in [-0.3, -0.25) is 4.90 Å². The second-order valence-electron chi connectivity index (χ2n) is 7.85. The molecule has 3 aromatic carbocycles. The fraction of sp³-hybridized carbons (Fsp3) is 0.280. The van der Waals surface area contributed by atoms with E-state index in [1.807, 2.05) is 0 Å². The molecule has 3 nitrogen and oxygen atoms in total. The van der Waals surface area contributed by atoms with Crippen LogP contribution in [0.2, 0.25) is 0 Å². The Balaban J connectivity index is 1.26. The first-order valence-electron chi connectivity index (χ1n) is 10.3. The summed E-state index contributed by atoms with van der Waals surface area (Å²) in [5.74, 6) is 0. The molecule has 1 fully saturated rings. The summed E-state index contributed by atoms with van der Waals surface area (Å²) >= 11 is 0. The SMILES string of the molecule is c1ccc(N2CCN(Cc3ccccc3N3Cc4ccccc4C3)CC2)cc1. The van der Waals surface area contributed by atoms with Gasteiger partial charge in [-0.25, -0.2) is 0 Å². The summed E-state index contributed by atoms with van der Waals surface area (Å²) in [5.41, 5.74) is 7.12. The predicted octanol–water partition coefficient (Wildman–Crippen LogP) is 4.53. The van der Waals surface area contributed by atoms with Crippen molar-refractivity contribution in [2.45, 2.75) is 19.6 Å². The van der Waals surface area contributed by atoms with Gasteiger partial charge in [-0.1, -0.05) is 60.7 Å². The van der Waals surface area contributed by atoms with Crippen molar-refractivity contribution < 1.29 is 0 Å². The molecule has 0 aromatic heterocycles. The Bertz CT molecular complexity index is 904.